The van der Waals surface area contributed by atoms with Crippen molar-refractivity contribution in [2.24, 2.45) is 0 Å². The van der Waals surface area contributed by atoms with E-state index in [4.69, 9.17) is 9.47 Å². The number of carbonyl (C=O) groups excluding carboxylic acids is 1. The maximum absolute atomic E-state index is 11.9. The predicted octanol–water partition coefficient (Wildman–Crippen LogP) is 5.28. The lowest BCUT2D eigenvalue weighted by Gasteiger charge is -2.09. The van der Waals surface area contributed by atoms with Crippen LogP contribution in [-0.4, -0.2) is 12.7 Å². The van der Waals surface area contributed by atoms with E-state index in [-0.39, 0.29) is 0 Å². The summed E-state index contributed by atoms with van der Waals surface area (Å²) in [6.07, 6.45) is 1.71. The van der Waals surface area contributed by atoms with Crippen LogP contribution in [0.3, 0.4) is 0 Å². The fraction of sp³-hybridized carbons (Fsp3) is 0.381. The van der Waals surface area contributed by atoms with Crippen molar-refractivity contribution in [3.8, 4) is 11.5 Å². The van der Waals surface area contributed by atoms with Gasteiger partial charge in [-0.25, -0.2) is 4.79 Å². The van der Waals surface area contributed by atoms with E-state index in [1.165, 1.54) is 5.56 Å². The van der Waals surface area contributed by atoms with Crippen LogP contribution in [0.1, 0.15) is 50.7 Å². The quantitative estimate of drug-likeness (QED) is 0.665. The van der Waals surface area contributed by atoms with Crippen molar-refractivity contribution in [3.63, 3.8) is 0 Å². The third kappa shape index (κ3) is 6.49. The molecule has 2 aromatic carbocycles. The molecule has 0 saturated heterocycles. The van der Waals surface area contributed by atoms with Gasteiger partial charge in [-0.15, -0.1) is 0 Å². The molecule has 0 aliphatic carbocycles. The van der Waals surface area contributed by atoms with Crippen molar-refractivity contribution in [3.05, 3.63) is 59.7 Å². The second-order valence-electron chi connectivity index (χ2n) is 6.31. The molecule has 2 rings (SSSR count). The van der Waals surface area contributed by atoms with E-state index in [1.807, 2.05) is 48.5 Å². The number of unbranched alkanes of at least 4 members (excludes halogenated alkanes) is 1. The predicted molar refractivity (Wildman–Crippen MR) is 100 cm³/mol. The number of benzene rings is 2. The van der Waals surface area contributed by atoms with Gasteiger partial charge in [0.25, 0.3) is 0 Å². The van der Waals surface area contributed by atoms with Gasteiger partial charge in [-0.3, -0.25) is 0 Å². The van der Waals surface area contributed by atoms with Crippen LogP contribution in [-0.2, 0) is 6.54 Å². The van der Waals surface area contributed by atoms with Gasteiger partial charge in [0.1, 0.15) is 11.5 Å². The maximum Gasteiger partial charge on any atom is 0.412 e. The molecule has 0 aliphatic heterocycles. The number of ether oxygens (including phenoxy) is 2. The van der Waals surface area contributed by atoms with E-state index in [2.05, 4.69) is 26.1 Å². The average molecular weight is 341 g/mol. The molecule has 1 N–H and O–H groups in total. The molecular formula is C21H27NO3. The van der Waals surface area contributed by atoms with Gasteiger partial charge in [0, 0.05) is 6.54 Å². The van der Waals surface area contributed by atoms with Gasteiger partial charge in [-0.2, -0.15) is 0 Å². The summed E-state index contributed by atoms with van der Waals surface area (Å²) in [5.74, 6) is 1.85. The Morgan fingerprint density at radius 2 is 1.64 bits per heavy atom. The first-order valence-corrected chi connectivity index (χ1v) is 8.86. The smallest absolute Gasteiger partial charge is 0.412 e. The van der Waals surface area contributed by atoms with Gasteiger partial charge < -0.3 is 14.8 Å². The summed E-state index contributed by atoms with van der Waals surface area (Å²) in [6.45, 7) is 7.54. The van der Waals surface area contributed by atoms with Crippen LogP contribution in [0.25, 0.3) is 0 Å². The third-order valence-corrected chi connectivity index (χ3v) is 3.88. The molecule has 4 heteroatoms. The van der Waals surface area contributed by atoms with Crippen LogP contribution in [0.2, 0.25) is 0 Å². The molecule has 0 aliphatic rings. The van der Waals surface area contributed by atoms with E-state index in [0.717, 1.165) is 30.8 Å². The van der Waals surface area contributed by atoms with Gasteiger partial charge in [0.05, 0.1) is 6.61 Å². The minimum Gasteiger partial charge on any atom is -0.494 e. The van der Waals surface area contributed by atoms with Gasteiger partial charge in [0.2, 0.25) is 0 Å². The summed E-state index contributed by atoms with van der Waals surface area (Å²) < 4.78 is 10.9. The molecule has 0 bridgehead atoms. The van der Waals surface area contributed by atoms with Crippen LogP contribution >= 0.6 is 0 Å². The number of rotatable bonds is 8. The molecule has 1 amide bonds. The molecule has 2 aromatic rings. The second kappa shape index (κ2) is 9.72. The lowest BCUT2D eigenvalue weighted by Crippen LogP contribution is -2.26. The van der Waals surface area contributed by atoms with Crippen LogP contribution in [0, 0.1) is 0 Å². The van der Waals surface area contributed by atoms with Gasteiger partial charge >= 0.3 is 6.09 Å². The fourth-order valence-electron chi connectivity index (χ4n) is 2.28. The standard InChI is InChI=1S/C21H27NO3/c1-4-5-14-24-19-10-6-17(7-11-19)15-22-21(23)25-20-12-8-18(9-13-20)16(2)3/h6-13,16H,4-5,14-15H2,1-3H3,(H,22,23). The average Bonchev–Trinajstić information content (AvgIpc) is 2.62. The van der Waals surface area contributed by atoms with Crippen molar-refractivity contribution in [2.75, 3.05) is 6.61 Å². The largest absolute Gasteiger partial charge is 0.494 e. The molecule has 134 valence electrons. The minimum atomic E-state index is -0.458. The lowest BCUT2D eigenvalue weighted by atomic mass is 10.0. The maximum atomic E-state index is 11.9. The minimum absolute atomic E-state index is 0.415. The van der Waals surface area contributed by atoms with Crippen LogP contribution < -0.4 is 14.8 Å². The Labute approximate surface area is 150 Å². The zero-order valence-corrected chi connectivity index (χ0v) is 15.2. The summed E-state index contributed by atoms with van der Waals surface area (Å²) in [5.41, 5.74) is 2.21. The number of hydrogen-bond acceptors (Lipinski definition) is 3. The van der Waals surface area contributed by atoms with E-state index in [1.54, 1.807) is 0 Å². The van der Waals surface area contributed by atoms with Gasteiger partial charge in [-0.1, -0.05) is 51.5 Å². The van der Waals surface area contributed by atoms with E-state index in [9.17, 15) is 4.79 Å². The molecule has 4 nitrogen and oxygen atoms in total. The van der Waals surface area contributed by atoms with Crippen LogP contribution in [0.5, 0.6) is 11.5 Å². The molecule has 0 atom stereocenters. The summed E-state index contributed by atoms with van der Waals surface area (Å²) >= 11 is 0. The normalized spacial score (nSPS) is 10.6. The zero-order valence-electron chi connectivity index (χ0n) is 15.2. The molecule has 25 heavy (non-hydrogen) atoms. The SMILES string of the molecule is CCCCOc1ccc(CNC(=O)Oc2ccc(C(C)C)cc2)cc1. The molecule has 0 radical (unpaired) electrons. The Balaban J connectivity index is 1.77. The zero-order chi connectivity index (χ0) is 18.1. The van der Waals surface area contributed by atoms with Crippen molar-refractivity contribution in [1.82, 2.24) is 5.32 Å². The number of amides is 1. The number of hydrogen-bond donors (Lipinski definition) is 1. The first kappa shape index (κ1) is 18.8. The van der Waals surface area contributed by atoms with Crippen molar-refractivity contribution in [1.29, 1.82) is 0 Å². The van der Waals surface area contributed by atoms with E-state index in [0.29, 0.717) is 18.2 Å². The molecule has 0 aromatic heterocycles. The Morgan fingerprint density at radius 1 is 1.00 bits per heavy atom. The van der Waals surface area contributed by atoms with Crippen molar-refractivity contribution in [2.45, 2.75) is 46.1 Å². The van der Waals surface area contributed by atoms with E-state index < -0.39 is 6.09 Å². The van der Waals surface area contributed by atoms with Gasteiger partial charge in [-0.05, 0) is 47.7 Å². The molecule has 0 heterocycles. The molecular weight excluding hydrogens is 314 g/mol. The summed E-state index contributed by atoms with van der Waals surface area (Å²) in [5, 5.41) is 2.75. The van der Waals surface area contributed by atoms with Crippen LogP contribution in [0.15, 0.2) is 48.5 Å². The highest BCUT2D eigenvalue weighted by Crippen LogP contribution is 2.18. The lowest BCUT2D eigenvalue weighted by molar-refractivity contribution is 0.200. The number of carbonyl (C=O) groups is 1. The fourth-order valence-corrected chi connectivity index (χ4v) is 2.28. The Bertz CT molecular complexity index is 648. The summed E-state index contributed by atoms with van der Waals surface area (Å²) in [7, 11) is 0. The molecule has 0 saturated carbocycles. The number of nitrogens with one attached hydrogen (secondary N) is 1. The van der Waals surface area contributed by atoms with Crippen LogP contribution in [0.4, 0.5) is 4.79 Å². The highest BCUT2D eigenvalue weighted by molar-refractivity contribution is 5.70. The highest BCUT2D eigenvalue weighted by atomic mass is 16.6. The second-order valence-corrected chi connectivity index (χ2v) is 6.31. The third-order valence-electron chi connectivity index (χ3n) is 3.88. The Kier molecular flexibility index (Phi) is 7.33. The molecule has 0 spiro atoms. The van der Waals surface area contributed by atoms with E-state index >= 15 is 0 Å². The summed E-state index contributed by atoms with van der Waals surface area (Å²) in [6, 6.07) is 15.3. The molecule has 0 fully saturated rings. The Hall–Kier alpha value is -2.49. The summed E-state index contributed by atoms with van der Waals surface area (Å²) in [4.78, 5) is 11.9. The highest BCUT2D eigenvalue weighted by Gasteiger charge is 2.05. The van der Waals surface area contributed by atoms with Gasteiger partial charge in [0.15, 0.2) is 0 Å². The van der Waals surface area contributed by atoms with Crippen molar-refractivity contribution < 1.29 is 14.3 Å². The molecule has 0 unspecified atom stereocenters. The first-order chi connectivity index (χ1) is 12.1. The van der Waals surface area contributed by atoms with Crippen molar-refractivity contribution >= 4 is 6.09 Å². The first-order valence-electron chi connectivity index (χ1n) is 8.86. The Morgan fingerprint density at radius 3 is 2.24 bits per heavy atom. The monoisotopic (exact) mass is 341 g/mol. The topological polar surface area (TPSA) is 47.6 Å².